The molecular formula is C39H47F3. The van der Waals surface area contributed by atoms with Gasteiger partial charge < -0.3 is 0 Å². The van der Waals surface area contributed by atoms with Gasteiger partial charge in [-0.1, -0.05) is 106 Å². The molecule has 0 unspecified atom stereocenters. The third-order valence-corrected chi connectivity index (χ3v) is 10.3. The fourth-order valence-corrected chi connectivity index (χ4v) is 7.62. The maximum absolute atomic E-state index is 15.4. The second-order valence-electron chi connectivity index (χ2n) is 12.9. The van der Waals surface area contributed by atoms with Crippen molar-refractivity contribution >= 4 is 0 Å². The van der Waals surface area contributed by atoms with Crippen LogP contribution in [0.4, 0.5) is 13.2 Å². The molecule has 0 N–H and O–H groups in total. The van der Waals surface area contributed by atoms with Crippen molar-refractivity contribution < 1.29 is 13.2 Å². The second-order valence-corrected chi connectivity index (χ2v) is 12.9. The van der Waals surface area contributed by atoms with E-state index in [0.29, 0.717) is 29.0 Å². The lowest BCUT2D eigenvalue weighted by atomic mass is 9.68. The molecule has 3 aromatic rings. The van der Waals surface area contributed by atoms with Crippen molar-refractivity contribution in [2.75, 3.05) is 0 Å². The number of hydrogen-bond donors (Lipinski definition) is 0. The topological polar surface area (TPSA) is 0 Å². The van der Waals surface area contributed by atoms with Gasteiger partial charge in [-0.05, 0) is 104 Å². The zero-order valence-corrected chi connectivity index (χ0v) is 25.5. The van der Waals surface area contributed by atoms with Gasteiger partial charge in [0.2, 0.25) is 0 Å². The Kier molecular flexibility index (Phi) is 10.6. The Hall–Kier alpha value is -2.81. The molecule has 3 heteroatoms. The Labute approximate surface area is 251 Å². The van der Waals surface area contributed by atoms with E-state index in [2.05, 4.69) is 13.0 Å². The molecule has 0 heterocycles. The number of halogens is 3. The highest BCUT2D eigenvalue weighted by Crippen LogP contribution is 2.45. The number of hydrogen-bond acceptors (Lipinski definition) is 0. The molecule has 42 heavy (non-hydrogen) atoms. The molecule has 0 nitrogen and oxygen atoms in total. The summed E-state index contributed by atoms with van der Waals surface area (Å²) in [7, 11) is 0. The number of unbranched alkanes of at least 4 members (excludes halogenated alkanes) is 2. The zero-order chi connectivity index (χ0) is 29.5. The predicted molar refractivity (Wildman–Crippen MR) is 170 cm³/mol. The smallest absolute Gasteiger partial charge is 0.166 e. The van der Waals surface area contributed by atoms with E-state index in [0.717, 1.165) is 41.7 Å². The molecule has 2 fully saturated rings. The minimum Gasteiger partial charge on any atom is -0.206 e. The quantitative estimate of drug-likeness (QED) is 0.167. The summed E-state index contributed by atoms with van der Waals surface area (Å²) in [6, 6.07) is 16.0. The molecule has 2 saturated carbocycles. The highest BCUT2D eigenvalue weighted by Gasteiger charge is 2.31. The monoisotopic (exact) mass is 572 g/mol. The third-order valence-electron chi connectivity index (χ3n) is 10.3. The average Bonchev–Trinajstić information content (AvgIpc) is 3.02. The Morgan fingerprint density at radius 3 is 1.93 bits per heavy atom. The van der Waals surface area contributed by atoms with Crippen LogP contribution in [0.2, 0.25) is 0 Å². The molecule has 0 amide bonds. The van der Waals surface area contributed by atoms with Crippen LogP contribution >= 0.6 is 0 Å². The minimum absolute atomic E-state index is 0.214. The van der Waals surface area contributed by atoms with Crippen LogP contribution in [-0.4, -0.2) is 0 Å². The number of benzene rings is 3. The van der Waals surface area contributed by atoms with Crippen LogP contribution in [0.3, 0.4) is 0 Å². The van der Waals surface area contributed by atoms with Crippen LogP contribution in [0, 0.1) is 35.2 Å². The summed E-state index contributed by atoms with van der Waals surface area (Å²) in [4.78, 5) is 0. The Morgan fingerprint density at radius 1 is 0.690 bits per heavy atom. The summed E-state index contributed by atoms with van der Waals surface area (Å²) in [5, 5.41) is 0. The van der Waals surface area contributed by atoms with Gasteiger partial charge >= 0.3 is 0 Å². The molecule has 0 spiro atoms. The maximum atomic E-state index is 15.4. The van der Waals surface area contributed by atoms with Gasteiger partial charge in [0.15, 0.2) is 11.6 Å². The van der Waals surface area contributed by atoms with Crippen molar-refractivity contribution in [2.45, 2.75) is 103 Å². The Balaban J connectivity index is 1.18. The Morgan fingerprint density at radius 2 is 1.31 bits per heavy atom. The van der Waals surface area contributed by atoms with Crippen molar-refractivity contribution in [1.82, 2.24) is 0 Å². The first-order valence-corrected chi connectivity index (χ1v) is 16.5. The van der Waals surface area contributed by atoms with Gasteiger partial charge in [0.25, 0.3) is 0 Å². The van der Waals surface area contributed by atoms with Gasteiger partial charge in [-0.3, -0.25) is 0 Å². The molecule has 0 radical (unpaired) electrons. The van der Waals surface area contributed by atoms with E-state index in [1.54, 1.807) is 48.5 Å². The van der Waals surface area contributed by atoms with Gasteiger partial charge in [0.05, 0.1) is 0 Å². The molecule has 0 saturated heterocycles. The fourth-order valence-electron chi connectivity index (χ4n) is 7.62. The van der Waals surface area contributed by atoms with Crippen molar-refractivity contribution in [3.63, 3.8) is 0 Å². The van der Waals surface area contributed by atoms with Gasteiger partial charge in [-0.15, -0.1) is 0 Å². The van der Waals surface area contributed by atoms with E-state index in [1.165, 1.54) is 64.2 Å². The summed E-state index contributed by atoms with van der Waals surface area (Å²) in [6.45, 7) is 4.14. The summed E-state index contributed by atoms with van der Waals surface area (Å²) >= 11 is 0. The third kappa shape index (κ3) is 7.21. The van der Waals surface area contributed by atoms with Gasteiger partial charge in [-0.2, -0.15) is 0 Å². The van der Waals surface area contributed by atoms with Crippen LogP contribution in [0.25, 0.3) is 22.3 Å². The lowest BCUT2D eigenvalue weighted by molar-refractivity contribution is 0.155. The number of rotatable bonds is 10. The molecule has 224 valence electrons. The number of allylic oxidation sites excluding steroid dienone is 2. The molecule has 0 bridgehead atoms. The first-order chi connectivity index (χ1) is 20.5. The fraction of sp³-hybridized carbons (Fsp3) is 0.487. The van der Waals surface area contributed by atoms with Crippen LogP contribution in [0.5, 0.6) is 0 Å². The van der Waals surface area contributed by atoms with Gasteiger partial charge in [0.1, 0.15) is 5.82 Å². The maximum Gasteiger partial charge on any atom is 0.166 e. The molecule has 2 aliphatic rings. The molecule has 2 aliphatic carbocycles. The molecular weight excluding hydrogens is 525 g/mol. The van der Waals surface area contributed by atoms with Crippen molar-refractivity contribution in [3.05, 3.63) is 95.3 Å². The second kappa shape index (κ2) is 14.6. The van der Waals surface area contributed by atoms with Crippen LogP contribution in [-0.2, 0) is 6.42 Å². The zero-order valence-electron chi connectivity index (χ0n) is 25.5. The summed E-state index contributed by atoms with van der Waals surface area (Å²) < 4.78 is 44.8. The molecule has 0 aromatic heterocycles. The largest absolute Gasteiger partial charge is 0.206 e. The van der Waals surface area contributed by atoms with Crippen LogP contribution in [0.1, 0.15) is 108 Å². The van der Waals surface area contributed by atoms with Gasteiger partial charge in [0, 0.05) is 11.1 Å². The summed E-state index contributed by atoms with van der Waals surface area (Å²) in [6.07, 6.45) is 20.1. The minimum atomic E-state index is -0.843. The standard InChI is InChI=1S/C39H47F3/c1-3-5-7-8-27-10-12-28(13-11-27)29-14-16-30(17-15-29)34-23-24-35(37(40)26-34)31-18-20-32(21-19-31)36-25-22-33(9-6-4-2)38(41)39(36)42/h4,6,18-30H,3,5,7-17H2,1-2H3. The highest BCUT2D eigenvalue weighted by atomic mass is 19.2. The SMILES string of the molecule is CC=CCc1ccc(-c2ccc(-c3ccc(C4CCC(C5CCC(CCCCC)CC5)CC4)cc3F)cc2)c(F)c1F. The van der Waals surface area contributed by atoms with E-state index in [9.17, 15) is 8.78 Å². The van der Waals surface area contributed by atoms with Crippen molar-refractivity contribution in [1.29, 1.82) is 0 Å². The Bertz CT molecular complexity index is 1320. The molecule has 0 aliphatic heterocycles. The first-order valence-electron chi connectivity index (χ1n) is 16.5. The van der Waals surface area contributed by atoms with E-state index < -0.39 is 11.6 Å². The van der Waals surface area contributed by atoms with Crippen molar-refractivity contribution in [2.24, 2.45) is 17.8 Å². The normalized spacial score (nSPS) is 23.0. The van der Waals surface area contributed by atoms with Crippen molar-refractivity contribution in [3.8, 4) is 22.3 Å². The van der Waals surface area contributed by atoms with E-state index in [1.807, 2.05) is 19.1 Å². The molecule has 5 rings (SSSR count). The first kappa shape index (κ1) is 30.6. The lowest BCUT2D eigenvalue weighted by Gasteiger charge is -2.38. The molecule has 3 aromatic carbocycles. The lowest BCUT2D eigenvalue weighted by Crippen LogP contribution is -2.25. The van der Waals surface area contributed by atoms with Gasteiger partial charge in [-0.25, -0.2) is 13.2 Å². The van der Waals surface area contributed by atoms with E-state index in [4.69, 9.17) is 0 Å². The highest BCUT2D eigenvalue weighted by molar-refractivity contribution is 5.71. The summed E-state index contributed by atoms with van der Waals surface area (Å²) in [5.41, 5.74) is 3.52. The summed E-state index contributed by atoms with van der Waals surface area (Å²) in [5.74, 6) is 1.28. The average molecular weight is 573 g/mol. The van der Waals surface area contributed by atoms with E-state index in [-0.39, 0.29) is 11.4 Å². The van der Waals surface area contributed by atoms with E-state index >= 15 is 4.39 Å². The molecule has 0 atom stereocenters. The van der Waals surface area contributed by atoms with Crippen LogP contribution in [0.15, 0.2) is 66.7 Å². The predicted octanol–water partition coefficient (Wildman–Crippen LogP) is 12.2. The van der Waals surface area contributed by atoms with Crippen LogP contribution < -0.4 is 0 Å².